The lowest BCUT2D eigenvalue weighted by Gasteiger charge is -2.05. The molecule has 1 N–H and O–H groups in total. The standard InChI is InChI=1S/C20H18N2O4S/c1-2-24-15-5-3-4-14(9-15)20-22-16(11-27-20)19(23)21-10-13-6-7-17-18(8-13)26-12-25-17/h3-9,11H,2,10,12H2,1H3,(H,21,23). The molecule has 0 bridgehead atoms. The van der Waals surface area contributed by atoms with Crippen LogP contribution in [0.4, 0.5) is 0 Å². The van der Waals surface area contributed by atoms with E-state index in [1.807, 2.05) is 49.4 Å². The lowest BCUT2D eigenvalue weighted by molar-refractivity contribution is 0.0946. The molecule has 0 unspecified atom stereocenters. The van der Waals surface area contributed by atoms with Crippen molar-refractivity contribution in [1.29, 1.82) is 0 Å². The average Bonchev–Trinajstić information content (AvgIpc) is 3.36. The van der Waals surface area contributed by atoms with Crippen LogP contribution in [0.5, 0.6) is 17.2 Å². The van der Waals surface area contributed by atoms with Gasteiger partial charge in [0.15, 0.2) is 11.5 Å². The molecule has 0 saturated heterocycles. The summed E-state index contributed by atoms with van der Waals surface area (Å²) < 4.78 is 16.2. The summed E-state index contributed by atoms with van der Waals surface area (Å²) in [6, 6.07) is 13.3. The Balaban J connectivity index is 1.42. The smallest absolute Gasteiger partial charge is 0.271 e. The number of amides is 1. The van der Waals surface area contributed by atoms with Gasteiger partial charge in [0.2, 0.25) is 6.79 Å². The van der Waals surface area contributed by atoms with E-state index in [2.05, 4.69) is 10.3 Å². The van der Waals surface area contributed by atoms with E-state index in [1.165, 1.54) is 11.3 Å². The minimum atomic E-state index is -0.212. The second-order valence-corrected chi connectivity index (χ2v) is 6.73. The van der Waals surface area contributed by atoms with Crippen LogP contribution in [0.15, 0.2) is 47.8 Å². The maximum Gasteiger partial charge on any atom is 0.271 e. The van der Waals surface area contributed by atoms with Crippen molar-refractivity contribution >= 4 is 17.2 Å². The van der Waals surface area contributed by atoms with Crippen molar-refractivity contribution in [2.75, 3.05) is 13.4 Å². The Labute approximate surface area is 160 Å². The van der Waals surface area contributed by atoms with Gasteiger partial charge in [-0.1, -0.05) is 18.2 Å². The summed E-state index contributed by atoms with van der Waals surface area (Å²) in [5, 5.41) is 5.43. The van der Waals surface area contributed by atoms with Gasteiger partial charge in [-0.05, 0) is 36.8 Å². The van der Waals surface area contributed by atoms with Crippen LogP contribution in [0.2, 0.25) is 0 Å². The summed E-state index contributed by atoms with van der Waals surface area (Å²) in [6.45, 7) is 3.17. The third-order valence-corrected chi connectivity index (χ3v) is 4.91. The lowest BCUT2D eigenvalue weighted by atomic mass is 10.2. The number of hydrogen-bond donors (Lipinski definition) is 1. The molecule has 1 aromatic heterocycles. The summed E-state index contributed by atoms with van der Waals surface area (Å²) in [5.74, 6) is 2.01. The number of ether oxygens (including phenoxy) is 3. The molecule has 2 heterocycles. The lowest BCUT2D eigenvalue weighted by Crippen LogP contribution is -2.23. The van der Waals surface area contributed by atoms with Crippen LogP contribution < -0.4 is 19.5 Å². The third-order valence-electron chi connectivity index (χ3n) is 4.02. The molecule has 0 radical (unpaired) electrons. The van der Waals surface area contributed by atoms with Crippen molar-refractivity contribution < 1.29 is 19.0 Å². The van der Waals surface area contributed by atoms with Gasteiger partial charge in [0.1, 0.15) is 16.5 Å². The second-order valence-electron chi connectivity index (χ2n) is 5.87. The number of nitrogens with zero attached hydrogens (tertiary/aromatic N) is 1. The van der Waals surface area contributed by atoms with E-state index in [4.69, 9.17) is 14.2 Å². The van der Waals surface area contributed by atoms with Gasteiger partial charge >= 0.3 is 0 Å². The van der Waals surface area contributed by atoms with Crippen molar-refractivity contribution in [3.8, 4) is 27.8 Å². The number of benzene rings is 2. The molecule has 4 rings (SSSR count). The summed E-state index contributed by atoms with van der Waals surface area (Å²) in [5.41, 5.74) is 2.27. The number of carbonyl (C=O) groups excluding carboxylic acids is 1. The van der Waals surface area contributed by atoms with E-state index in [0.29, 0.717) is 24.6 Å². The highest BCUT2D eigenvalue weighted by atomic mass is 32.1. The van der Waals surface area contributed by atoms with Crippen LogP contribution in [0.1, 0.15) is 23.0 Å². The Morgan fingerprint density at radius 1 is 1.22 bits per heavy atom. The van der Waals surface area contributed by atoms with Crippen molar-refractivity contribution in [3.63, 3.8) is 0 Å². The SMILES string of the molecule is CCOc1cccc(-c2nc(C(=O)NCc3ccc4c(c3)OCO4)cs2)c1. The molecule has 0 spiro atoms. The molecule has 2 aromatic carbocycles. The molecular formula is C20H18N2O4S. The Morgan fingerprint density at radius 2 is 2.11 bits per heavy atom. The molecule has 0 aliphatic carbocycles. The average molecular weight is 382 g/mol. The van der Waals surface area contributed by atoms with Crippen molar-refractivity contribution in [2.24, 2.45) is 0 Å². The van der Waals surface area contributed by atoms with E-state index in [9.17, 15) is 4.79 Å². The fourth-order valence-electron chi connectivity index (χ4n) is 2.72. The molecule has 0 fully saturated rings. The number of rotatable bonds is 6. The molecule has 0 atom stereocenters. The zero-order chi connectivity index (χ0) is 18.6. The van der Waals surface area contributed by atoms with E-state index < -0.39 is 0 Å². The molecular weight excluding hydrogens is 364 g/mol. The Bertz CT molecular complexity index is 970. The first-order valence-corrected chi connectivity index (χ1v) is 9.46. The Hall–Kier alpha value is -3.06. The van der Waals surface area contributed by atoms with E-state index >= 15 is 0 Å². The predicted octanol–water partition coefficient (Wildman–Crippen LogP) is 3.87. The molecule has 138 valence electrons. The summed E-state index contributed by atoms with van der Waals surface area (Å²) >= 11 is 1.43. The molecule has 3 aromatic rings. The molecule has 0 saturated carbocycles. The largest absolute Gasteiger partial charge is 0.494 e. The van der Waals surface area contributed by atoms with Crippen LogP contribution in [0, 0.1) is 0 Å². The Kier molecular flexibility index (Phi) is 4.93. The van der Waals surface area contributed by atoms with E-state index in [0.717, 1.165) is 27.6 Å². The van der Waals surface area contributed by atoms with Crippen molar-refractivity contribution in [2.45, 2.75) is 13.5 Å². The van der Waals surface area contributed by atoms with Gasteiger partial charge in [0, 0.05) is 17.5 Å². The topological polar surface area (TPSA) is 69.7 Å². The number of aromatic nitrogens is 1. The monoisotopic (exact) mass is 382 g/mol. The highest BCUT2D eigenvalue weighted by Crippen LogP contribution is 2.32. The van der Waals surface area contributed by atoms with Gasteiger partial charge in [0.05, 0.1) is 6.61 Å². The number of hydrogen-bond acceptors (Lipinski definition) is 6. The molecule has 27 heavy (non-hydrogen) atoms. The maximum atomic E-state index is 12.4. The van der Waals surface area contributed by atoms with Gasteiger partial charge < -0.3 is 19.5 Å². The first kappa shape index (κ1) is 17.4. The zero-order valence-electron chi connectivity index (χ0n) is 14.7. The third kappa shape index (κ3) is 3.88. The molecule has 1 amide bonds. The first-order valence-electron chi connectivity index (χ1n) is 8.58. The highest BCUT2D eigenvalue weighted by molar-refractivity contribution is 7.13. The zero-order valence-corrected chi connectivity index (χ0v) is 15.5. The van der Waals surface area contributed by atoms with E-state index in [-0.39, 0.29) is 12.7 Å². The molecule has 1 aliphatic heterocycles. The van der Waals surface area contributed by atoms with Gasteiger partial charge in [-0.15, -0.1) is 11.3 Å². The molecule has 6 nitrogen and oxygen atoms in total. The number of thiazole rings is 1. The van der Waals surface area contributed by atoms with Gasteiger partial charge in [-0.3, -0.25) is 4.79 Å². The van der Waals surface area contributed by atoms with Crippen LogP contribution in [-0.2, 0) is 6.54 Å². The quantitative estimate of drug-likeness (QED) is 0.701. The number of fused-ring (bicyclic) bond motifs is 1. The second kappa shape index (κ2) is 7.67. The fourth-order valence-corrected chi connectivity index (χ4v) is 3.52. The molecule has 7 heteroatoms. The minimum absolute atomic E-state index is 0.212. The van der Waals surface area contributed by atoms with Crippen LogP contribution in [0.25, 0.3) is 10.6 Å². The number of carbonyl (C=O) groups is 1. The summed E-state index contributed by atoms with van der Waals surface area (Å²) in [7, 11) is 0. The Morgan fingerprint density at radius 3 is 3.00 bits per heavy atom. The maximum absolute atomic E-state index is 12.4. The van der Waals surface area contributed by atoms with Crippen LogP contribution >= 0.6 is 11.3 Å². The summed E-state index contributed by atoms with van der Waals surface area (Å²) in [4.78, 5) is 16.9. The van der Waals surface area contributed by atoms with Gasteiger partial charge in [0.25, 0.3) is 5.91 Å². The number of nitrogens with one attached hydrogen (secondary N) is 1. The van der Waals surface area contributed by atoms with Crippen molar-refractivity contribution in [1.82, 2.24) is 10.3 Å². The highest BCUT2D eigenvalue weighted by Gasteiger charge is 2.15. The van der Waals surface area contributed by atoms with Crippen LogP contribution in [0.3, 0.4) is 0 Å². The van der Waals surface area contributed by atoms with Gasteiger partial charge in [-0.2, -0.15) is 0 Å². The fraction of sp³-hybridized carbons (Fsp3) is 0.200. The van der Waals surface area contributed by atoms with Gasteiger partial charge in [-0.25, -0.2) is 4.98 Å². The van der Waals surface area contributed by atoms with E-state index in [1.54, 1.807) is 5.38 Å². The predicted molar refractivity (Wildman–Crippen MR) is 102 cm³/mol. The first-order chi connectivity index (χ1) is 13.2. The minimum Gasteiger partial charge on any atom is -0.494 e. The normalized spacial score (nSPS) is 12.0. The summed E-state index contributed by atoms with van der Waals surface area (Å²) in [6.07, 6.45) is 0. The molecule has 1 aliphatic rings. The van der Waals surface area contributed by atoms with Crippen LogP contribution in [-0.4, -0.2) is 24.3 Å². The van der Waals surface area contributed by atoms with Crippen molar-refractivity contribution in [3.05, 3.63) is 59.1 Å².